The summed E-state index contributed by atoms with van der Waals surface area (Å²) in [4.78, 5) is 24.4. The summed E-state index contributed by atoms with van der Waals surface area (Å²) in [5.41, 5.74) is 6.30. The van der Waals surface area contributed by atoms with Gasteiger partial charge in [-0.25, -0.2) is 9.59 Å². The van der Waals surface area contributed by atoms with Crippen LogP contribution in [0.1, 0.15) is 53.6 Å². The van der Waals surface area contributed by atoms with Gasteiger partial charge in [0, 0.05) is 31.3 Å². The zero-order chi connectivity index (χ0) is 28.7. The third-order valence-electron chi connectivity index (χ3n) is 6.89. The third kappa shape index (κ3) is 9.06. The molecule has 0 aromatic heterocycles. The van der Waals surface area contributed by atoms with Crippen molar-refractivity contribution in [3.05, 3.63) is 89.5 Å². The number of hydrogen-bond acceptors (Lipinski definition) is 7. The molecule has 1 aliphatic carbocycles. The van der Waals surface area contributed by atoms with E-state index in [1.54, 1.807) is 12.1 Å². The number of rotatable bonds is 17. The van der Waals surface area contributed by atoms with E-state index in [4.69, 9.17) is 18.9 Å². The first-order chi connectivity index (χ1) is 20.2. The van der Waals surface area contributed by atoms with Gasteiger partial charge in [-0.05, 0) is 59.4 Å². The van der Waals surface area contributed by atoms with E-state index in [-0.39, 0.29) is 18.5 Å². The van der Waals surface area contributed by atoms with Gasteiger partial charge in [0.25, 0.3) is 0 Å². The lowest BCUT2D eigenvalue weighted by atomic mass is 9.98. The van der Waals surface area contributed by atoms with Crippen molar-refractivity contribution < 1.29 is 28.5 Å². The van der Waals surface area contributed by atoms with Gasteiger partial charge in [0.1, 0.15) is 13.2 Å². The van der Waals surface area contributed by atoms with Crippen LogP contribution in [0.15, 0.2) is 72.8 Å². The molecule has 8 nitrogen and oxygen atoms in total. The molecular weight excluding hydrogens is 520 g/mol. The van der Waals surface area contributed by atoms with Crippen molar-refractivity contribution in [1.29, 1.82) is 0 Å². The van der Waals surface area contributed by atoms with E-state index in [9.17, 15) is 9.59 Å². The lowest BCUT2D eigenvalue weighted by Crippen LogP contribution is -2.27. The monoisotopic (exact) mass is 560 g/mol. The minimum Gasteiger partial charge on any atom is -0.460 e. The Bertz CT molecular complexity index is 1200. The normalized spacial score (nSPS) is 11.9. The van der Waals surface area contributed by atoms with Crippen LogP contribution < -0.4 is 10.6 Å². The largest absolute Gasteiger partial charge is 0.460 e. The van der Waals surface area contributed by atoms with Crippen LogP contribution in [-0.2, 0) is 18.9 Å². The van der Waals surface area contributed by atoms with Gasteiger partial charge in [0.15, 0.2) is 0 Å². The number of esters is 1. The number of hydrogen-bond donors (Lipinski definition) is 2. The molecule has 0 atom stereocenters. The number of carbonyl (C=O) groups excluding carboxylic acids is 2. The lowest BCUT2D eigenvalue weighted by molar-refractivity contribution is 0.0144. The summed E-state index contributed by atoms with van der Waals surface area (Å²) in [6.07, 6.45) is 2.48. The quantitative estimate of drug-likeness (QED) is 0.154. The Labute approximate surface area is 242 Å². The second kappa shape index (κ2) is 16.4. The van der Waals surface area contributed by atoms with Crippen molar-refractivity contribution >= 4 is 17.7 Å². The summed E-state index contributed by atoms with van der Waals surface area (Å²) in [6.45, 7) is 5.62. The standard InChI is InChI=1S/C33H40N2O6/c1-2-3-17-34-26-15-13-25(14-16-26)32(36)40-23-22-39-21-20-38-19-8-18-35-33(37)41-24-31-29-11-6-4-9-27(29)28-10-5-7-12-30(28)31/h4-7,9-16,31,34H,2-3,8,17-24H2,1H3,(H,35,37). The highest BCUT2D eigenvalue weighted by atomic mass is 16.6. The minimum absolute atomic E-state index is 0.0456. The van der Waals surface area contributed by atoms with E-state index >= 15 is 0 Å². The topological polar surface area (TPSA) is 95.1 Å². The molecule has 0 spiro atoms. The fourth-order valence-corrected chi connectivity index (χ4v) is 4.75. The van der Waals surface area contributed by atoms with Gasteiger partial charge < -0.3 is 29.6 Å². The van der Waals surface area contributed by atoms with E-state index in [2.05, 4.69) is 41.8 Å². The summed E-state index contributed by atoms with van der Waals surface area (Å²) in [6, 6.07) is 23.8. The van der Waals surface area contributed by atoms with Gasteiger partial charge in [0.05, 0.1) is 25.4 Å². The maximum Gasteiger partial charge on any atom is 0.407 e. The Hall–Kier alpha value is -3.88. The molecule has 41 heavy (non-hydrogen) atoms. The molecule has 0 saturated heterocycles. The van der Waals surface area contributed by atoms with Crippen LogP contribution in [0.2, 0.25) is 0 Å². The number of ether oxygens (including phenoxy) is 4. The molecule has 0 radical (unpaired) electrons. The van der Waals surface area contributed by atoms with E-state index in [0.717, 1.165) is 25.1 Å². The Balaban J connectivity index is 0.990. The molecule has 8 heteroatoms. The molecule has 0 heterocycles. The van der Waals surface area contributed by atoms with E-state index in [1.807, 2.05) is 36.4 Å². The Morgan fingerprint density at radius 2 is 1.34 bits per heavy atom. The Morgan fingerprint density at radius 3 is 2.02 bits per heavy atom. The van der Waals surface area contributed by atoms with Crippen LogP contribution in [0.3, 0.4) is 0 Å². The fourth-order valence-electron chi connectivity index (χ4n) is 4.75. The summed E-state index contributed by atoms with van der Waals surface area (Å²) in [7, 11) is 0. The molecule has 2 N–H and O–H groups in total. The first-order valence-electron chi connectivity index (χ1n) is 14.4. The molecule has 0 aliphatic heterocycles. The number of fused-ring (bicyclic) bond motifs is 3. The lowest BCUT2D eigenvalue weighted by Gasteiger charge is -2.14. The van der Waals surface area contributed by atoms with Crippen molar-refractivity contribution in [2.75, 3.05) is 58.0 Å². The fraction of sp³-hybridized carbons (Fsp3) is 0.394. The highest BCUT2D eigenvalue weighted by molar-refractivity contribution is 5.89. The summed E-state index contributed by atoms with van der Waals surface area (Å²) in [5.74, 6) is -0.321. The number of amides is 1. The summed E-state index contributed by atoms with van der Waals surface area (Å²) in [5, 5.41) is 6.10. The smallest absolute Gasteiger partial charge is 0.407 e. The average molecular weight is 561 g/mol. The second-order valence-electron chi connectivity index (χ2n) is 9.82. The second-order valence-corrected chi connectivity index (χ2v) is 9.82. The number of benzene rings is 3. The molecule has 0 saturated carbocycles. The van der Waals surface area contributed by atoms with Gasteiger partial charge in [-0.2, -0.15) is 0 Å². The van der Waals surface area contributed by atoms with Crippen LogP contribution in [-0.4, -0.2) is 64.8 Å². The number of unbranched alkanes of at least 4 members (excludes halogenated alkanes) is 1. The first kappa shape index (κ1) is 30.1. The zero-order valence-electron chi connectivity index (χ0n) is 23.7. The van der Waals surface area contributed by atoms with Gasteiger partial charge in [-0.15, -0.1) is 0 Å². The molecule has 1 amide bonds. The van der Waals surface area contributed by atoms with Crippen LogP contribution in [0.5, 0.6) is 0 Å². The van der Waals surface area contributed by atoms with Crippen molar-refractivity contribution in [3.63, 3.8) is 0 Å². The predicted molar refractivity (Wildman–Crippen MR) is 159 cm³/mol. The van der Waals surface area contributed by atoms with Gasteiger partial charge in [0.2, 0.25) is 0 Å². The Morgan fingerprint density at radius 1 is 0.707 bits per heavy atom. The molecule has 0 bridgehead atoms. The van der Waals surface area contributed by atoms with Crippen molar-refractivity contribution in [2.45, 2.75) is 32.1 Å². The van der Waals surface area contributed by atoms with Crippen LogP contribution >= 0.6 is 0 Å². The van der Waals surface area contributed by atoms with Gasteiger partial charge in [-0.1, -0.05) is 61.9 Å². The highest BCUT2D eigenvalue weighted by Gasteiger charge is 2.28. The number of nitrogens with one attached hydrogen (secondary N) is 2. The Kier molecular flexibility index (Phi) is 12.0. The van der Waals surface area contributed by atoms with E-state index in [1.165, 1.54) is 22.3 Å². The van der Waals surface area contributed by atoms with Crippen molar-refractivity contribution in [3.8, 4) is 11.1 Å². The molecule has 3 aromatic carbocycles. The number of anilines is 1. The summed E-state index contributed by atoms with van der Waals surface area (Å²) >= 11 is 0. The number of alkyl carbamates (subject to hydrolysis) is 1. The zero-order valence-corrected chi connectivity index (χ0v) is 23.7. The van der Waals surface area contributed by atoms with Crippen LogP contribution in [0.25, 0.3) is 11.1 Å². The average Bonchev–Trinajstić information content (AvgIpc) is 3.32. The third-order valence-corrected chi connectivity index (χ3v) is 6.89. The predicted octanol–water partition coefficient (Wildman–Crippen LogP) is 6.02. The molecule has 4 rings (SSSR count). The highest BCUT2D eigenvalue weighted by Crippen LogP contribution is 2.44. The van der Waals surface area contributed by atoms with Crippen LogP contribution in [0.4, 0.5) is 10.5 Å². The van der Waals surface area contributed by atoms with Crippen molar-refractivity contribution in [1.82, 2.24) is 5.32 Å². The SMILES string of the molecule is CCCCNc1ccc(C(=O)OCCOCCOCCCNC(=O)OCC2c3ccccc3-c3ccccc32)cc1. The molecule has 3 aromatic rings. The van der Waals surface area contributed by atoms with Gasteiger partial charge >= 0.3 is 12.1 Å². The van der Waals surface area contributed by atoms with E-state index in [0.29, 0.717) is 51.6 Å². The van der Waals surface area contributed by atoms with Crippen LogP contribution in [0, 0.1) is 0 Å². The maximum atomic E-state index is 12.2. The first-order valence-corrected chi connectivity index (χ1v) is 14.4. The number of carbonyl (C=O) groups is 2. The van der Waals surface area contributed by atoms with E-state index < -0.39 is 6.09 Å². The molecule has 218 valence electrons. The molecule has 0 fully saturated rings. The molecule has 1 aliphatic rings. The van der Waals surface area contributed by atoms with Gasteiger partial charge in [-0.3, -0.25) is 0 Å². The summed E-state index contributed by atoms with van der Waals surface area (Å²) < 4.78 is 21.8. The molecular formula is C33H40N2O6. The molecule has 0 unspecified atom stereocenters. The van der Waals surface area contributed by atoms with Crippen molar-refractivity contribution in [2.24, 2.45) is 0 Å². The minimum atomic E-state index is -0.427. The maximum absolute atomic E-state index is 12.2.